The van der Waals surface area contributed by atoms with Gasteiger partial charge in [-0.05, 0) is 43.5 Å². The third kappa shape index (κ3) is 5.34. The summed E-state index contributed by atoms with van der Waals surface area (Å²) in [5, 5.41) is 2.80. The summed E-state index contributed by atoms with van der Waals surface area (Å²) in [6.45, 7) is 3.17. The molecule has 7 heteroatoms. The van der Waals surface area contributed by atoms with E-state index >= 15 is 0 Å². The van der Waals surface area contributed by atoms with Crippen molar-refractivity contribution >= 4 is 33.4 Å². The van der Waals surface area contributed by atoms with Crippen LogP contribution in [0.15, 0.2) is 53.4 Å². The number of carbonyl (C=O) groups excluding carboxylic acids is 1. The van der Waals surface area contributed by atoms with Crippen LogP contribution in [-0.4, -0.2) is 37.5 Å². The van der Waals surface area contributed by atoms with Crippen molar-refractivity contribution in [2.45, 2.75) is 30.4 Å². The zero-order chi connectivity index (χ0) is 19.3. The molecular formula is C20H24N2O3S2. The fraction of sp³-hybridized carbons (Fsp3) is 0.350. The van der Waals surface area contributed by atoms with Gasteiger partial charge in [0.25, 0.3) is 0 Å². The maximum atomic E-state index is 12.6. The smallest absolute Gasteiger partial charge is 0.243 e. The SMILES string of the molecule is Cc1cccc(CSCC(=O)Nc2cccc(S(=O)(=O)N3CCCC3)c2)c1. The van der Waals surface area contributed by atoms with E-state index in [2.05, 4.69) is 11.4 Å². The molecule has 0 aliphatic carbocycles. The molecule has 1 saturated heterocycles. The third-order valence-corrected chi connectivity index (χ3v) is 7.30. The molecule has 0 atom stereocenters. The number of amides is 1. The molecule has 0 bridgehead atoms. The van der Waals surface area contributed by atoms with Crippen molar-refractivity contribution in [3.63, 3.8) is 0 Å². The van der Waals surface area contributed by atoms with Gasteiger partial charge in [-0.25, -0.2) is 8.42 Å². The minimum absolute atomic E-state index is 0.136. The molecule has 5 nitrogen and oxygen atoms in total. The van der Waals surface area contributed by atoms with Crippen molar-refractivity contribution in [1.82, 2.24) is 4.31 Å². The molecule has 2 aromatic rings. The Labute approximate surface area is 165 Å². The fourth-order valence-electron chi connectivity index (χ4n) is 3.07. The van der Waals surface area contributed by atoms with Crippen molar-refractivity contribution in [3.05, 3.63) is 59.7 Å². The van der Waals surface area contributed by atoms with Crippen LogP contribution in [0.2, 0.25) is 0 Å². The van der Waals surface area contributed by atoms with E-state index in [-0.39, 0.29) is 10.8 Å². The van der Waals surface area contributed by atoms with E-state index in [1.54, 1.807) is 18.2 Å². The minimum atomic E-state index is -3.48. The van der Waals surface area contributed by atoms with Crippen molar-refractivity contribution in [3.8, 4) is 0 Å². The Morgan fingerprint density at radius 2 is 1.85 bits per heavy atom. The van der Waals surface area contributed by atoms with Gasteiger partial charge in [0.15, 0.2) is 0 Å². The van der Waals surface area contributed by atoms with Crippen LogP contribution < -0.4 is 5.32 Å². The van der Waals surface area contributed by atoms with Crippen LogP contribution in [0.3, 0.4) is 0 Å². The van der Waals surface area contributed by atoms with E-state index in [1.807, 2.05) is 25.1 Å². The highest BCUT2D eigenvalue weighted by molar-refractivity contribution is 7.99. The monoisotopic (exact) mass is 404 g/mol. The van der Waals surface area contributed by atoms with Crippen molar-refractivity contribution in [1.29, 1.82) is 0 Å². The van der Waals surface area contributed by atoms with E-state index in [0.29, 0.717) is 24.5 Å². The quantitative estimate of drug-likeness (QED) is 0.765. The molecule has 0 radical (unpaired) electrons. The molecular weight excluding hydrogens is 380 g/mol. The lowest BCUT2D eigenvalue weighted by atomic mass is 10.2. The molecule has 1 aliphatic heterocycles. The number of anilines is 1. The van der Waals surface area contributed by atoms with Crippen LogP contribution in [-0.2, 0) is 20.6 Å². The van der Waals surface area contributed by atoms with E-state index in [0.717, 1.165) is 18.6 Å². The number of nitrogens with one attached hydrogen (secondary N) is 1. The van der Waals surface area contributed by atoms with Gasteiger partial charge in [-0.2, -0.15) is 4.31 Å². The molecule has 0 unspecified atom stereocenters. The van der Waals surface area contributed by atoms with Crippen LogP contribution >= 0.6 is 11.8 Å². The van der Waals surface area contributed by atoms with Crippen LogP contribution in [0.5, 0.6) is 0 Å². The van der Waals surface area contributed by atoms with Gasteiger partial charge >= 0.3 is 0 Å². The Hall–Kier alpha value is -1.83. The van der Waals surface area contributed by atoms with Crippen molar-refractivity contribution in [2.24, 2.45) is 0 Å². The van der Waals surface area contributed by atoms with E-state index in [1.165, 1.54) is 33.3 Å². The van der Waals surface area contributed by atoms with E-state index in [4.69, 9.17) is 0 Å². The van der Waals surface area contributed by atoms with Gasteiger partial charge in [0.05, 0.1) is 10.6 Å². The highest BCUT2D eigenvalue weighted by atomic mass is 32.2. The van der Waals surface area contributed by atoms with Crippen LogP contribution in [0.1, 0.15) is 24.0 Å². The Bertz CT molecular complexity index is 907. The molecule has 0 saturated carbocycles. The first-order valence-electron chi connectivity index (χ1n) is 8.98. The summed E-state index contributed by atoms with van der Waals surface area (Å²) in [6.07, 6.45) is 1.79. The number of carbonyl (C=O) groups is 1. The highest BCUT2D eigenvalue weighted by Crippen LogP contribution is 2.23. The molecule has 1 amide bonds. The third-order valence-electron chi connectivity index (χ3n) is 4.40. The molecule has 1 fully saturated rings. The number of nitrogens with zero attached hydrogens (tertiary/aromatic N) is 1. The molecule has 2 aromatic carbocycles. The van der Waals surface area contributed by atoms with Crippen LogP contribution in [0, 0.1) is 6.92 Å². The van der Waals surface area contributed by atoms with Gasteiger partial charge in [-0.1, -0.05) is 35.9 Å². The van der Waals surface area contributed by atoms with Crippen LogP contribution in [0.25, 0.3) is 0 Å². The topological polar surface area (TPSA) is 66.5 Å². The number of sulfonamides is 1. The molecule has 0 spiro atoms. The second-order valence-corrected chi connectivity index (χ2v) is 9.59. The highest BCUT2D eigenvalue weighted by Gasteiger charge is 2.27. The van der Waals surface area contributed by atoms with Gasteiger partial charge in [0.1, 0.15) is 0 Å². The summed E-state index contributed by atoms with van der Waals surface area (Å²) < 4.78 is 26.8. The largest absolute Gasteiger partial charge is 0.325 e. The Kier molecular flexibility index (Phi) is 6.57. The first-order valence-corrected chi connectivity index (χ1v) is 11.6. The summed E-state index contributed by atoms with van der Waals surface area (Å²) in [6, 6.07) is 14.7. The standard InChI is InChI=1S/C20H24N2O3S2/c1-16-6-4-7-17(12-16)14-26-15-20(23)21-18-8-5-9-19(13-18)27(24,25)22-10-2-3-11-22/h4-9,12-13H,2-3,10-11,14-15H2,1H3,(H,21,23). The molecule has 0 aromatic heterocycles. The van der Waals surface area contributed by atoms with Crippen molar-refractivity contribution < 1.29 is 13.2 Å². The zero-order valence-corrected chi connectivity index (χ0v) is 17.0. The predicted molar refractivity (Wildman–Crippen MR) is 110 cm³/mol. The van der Waals surface area contributed by atoms with E-state index < -0.39 is 10.0 Å². The number of benzene rings is 2. The summed E-state index contributed by atoms with van der Waals surface area (Å²) in [7, 11) is -3.48. The maximum absolute atomic E-state index is 12.6. The first kappa shape index (κ1) is 19.9. The molecule has 3 rings (SSSR count). The molecule has 27 heavy (non-hydrogen) atoms. The molecule has 1 aliphatic rings. The number of hydrogen-bond donors (Lipinski definition) is 1. The Balaban J connectivity index is 1.56. The van der Waals surface area contributed by atoms with Gasteiger partial charge in [-0.15, -0.1) is 11.8 Å². The van der Waals surface area contributed by atoms with Gasteiger partial charge in [-0.3, -0.25) is 4.79 Å². The molecule has 1 heterocycles. The second kappa shape index (κ2) is 8.91. The summed E-state index contributed by atoms with van der Waals surface area (Å²) in [5.74, 6) is 0.943. The Morgan fingerprint density at radius 1 is 1.11 bits per heavy atom. The van der Waals surface area contributed by atoms with Crippen LogP contribution in [0.4, 0.5) is 5.69 Å². The number of rotatable bonds is 7. The summed E-state index contributed by atoms with van der Waals surface area (Å²) >= 11 is 1.53. The summed E-state index contributed by atoms with van der Waals surface area (Å²) in [5.41, 5.74) is 2.90. The summed E-state index contributed by atoms with van der Waals surface area (Å²) in [4.78, 5) is 12.4. The van der Waals surface area contributed by atoms with E-state index in [9.17, 15) is 13.2 Å². The number of aryl methyl sites for hydroxylation is 1. The van der Waals surface area contributed by atoms with Gasteiger partial charge in [0, 0.05) is 24.5 Å². The van der Waals surface area contributed by atoms with Crippen molar-refractivity contribution in [2.75, 3.05) is 24.2 Å². The fourth-order valence-corrected chi connectivity index (χ4v) is 5.41. The maximum Gasteiger partial charge on any atom is 0.243 e. The van der Waals surface area contributed by atoms with Gasteiger partial charge in [0.2, 0.25) is 15.9 Å². The minimum Gasteiger partial charge on any atom is -0.325 e. The average molecular weight is 405 g/mol. The number of hydrogen-bond acceptors (Lipinski definition) is 4. The zero-order valence-electron chi connectivity index (χ0n) is 15.3. The Morgan fingerprint density at radius 3 is 2.59 bits per heavy atom. The second-order valence-electron chi connectivity index (χ2n) is 6.67. The predicted octanol–water partition coefficient (Wildman–Crippen LogP) is 3.65. The lowest BCUT2D eigenvalue weighted by Gasteiger charge is -2.16. The van der Waals surface area contributed by atoms with Gasteiger partial charge < -0.3 is 5.32 Å². The first-order chi connectivity index (χ1) is 12.9. The molecule has 1 N–H and O–H groups in total. The average Bonchev–Trinajstić information content (AvgIpc) is 3.17. The number of thioether (sulfide) groups is 1. The normalized spacial score (nSPS) is 15.0. The lowest BCUT2D eigenvalue weighted by molar-refractivity contribution is -0.113. The molecule has 144 valence electrons. The lowest BCUT2D eigenvalue weighted by Crippen LogP contribution is -2.28.